The summed E-state index contributed by atoms with van der Waals surface area (Å²) in [5.74, 6) is -0.820. The number of rotatable bonds is 12. The molecule has 1 aliphatic rings. The molecule has 0 aliphatic heterocycles. The average molecular weight is 630 g/mol. The summed E-state index contributed by atoms with van der Waals surface area (Å²) in [4.78, 5) is 29.1. The molecule has 1 atom stereocenters. The molecule has 1 aliphatic carbocycles. The van der Waals surface area contributed by atoms with Gasteiger partial charge in [0.25, 0.3) is 10.0 Å². The zero-order valence-corrected chi connectivity index (χ0v) is 25.9. The fourth-order valence-electron chi connectivity index (χ4n) is 5.26. The molecule has 11 heteroatoms. The Labute approximate surface area is 257 Å². The van der Waals surface area contributed by atoms with Crippen molar-refractivity contribution < 1.29 is 27.1 Å². The Hall–Kier alpha value is -3.63. The van der Waals surface area contributed by atoms with Gasteiger partial charge in [0.2, 0.25) is 11.8 Å². The van der Waals surface area contributed by atoms with E-state index in [0.29, 0.717) is 22.8 Å². The van der Waals surface area contributed by atoms with E-state index in [1.165, 1.54) is 60.5 Å². The van der Waals surface area contributed by atoms with Gasteiger partial charge in [-0.05, 0) is 85.5 Å². The van der Waals surface area contributed by atoms with Gasteiger partial charge in [-0.2, -0.15) is 0 Å². The van der Waals surface area contributed by atoms with Crippen molar-refractivity contribution in [3.8, 4) is 5.75 Å². The highest BCUT2D eigenvalue weighted by Crippen LogP contribution is 2.27. The molecule has 8 nitrogen and oxygen atoms in total. The van der Waals surface area contributed by atoms with Gasteiger partial charge >= 0.3 is 0 Å². The summed E-state index contributed by atoms with van der Waals surface area (Å²) < 4.78 is 47.8. The van der Waals surface area contributed by atoms with Gasteiger partial charge in [0, 0.05) is 17.6 Å². The van der Waals surface area contributed by atoms with Crippen LogP contribution in [-0.4, -0.2) is 50.9 Å². The van der Waals surface area contributed by atoms with Crippen molar-refractivity contribution in [3.05, 3.63) is 89.2 Å². The summed E-state index contributed by atoms with van der Waals surface area (Å²) >= 11 is 6.09. The molecule has 3 aromatic rings. The Bertz CT molecular complexity index is 1480. The lowest BCUT2D eigenvalue weighted by Gasteiger charge is -2.34. The van der Waals surface area contributed by atoms with Crippen LogP contribution in [0.3, 0.4) is 0 Å². The molecular formula is C32H37ClFN3O5S. The Kier molecular flexibility index (Phi) is 11.0. The third-order valence-electron chi connectivity index (χ3n) is 7.64. The molecule has 3 aromatic carbocycles. The predicted octanol–water partition coefficient (Wildman–Crippen LogP) is 5.94. The molecule has 1 N–H and O–H groups in total. The second kappa shape index (κ2) is 14.7. The van der Waals surface area contributed by atoms with Crippen molar-refractivity contribution in [2.24, 2.45) is 0 Å². The average Bonchev–Trinajstić information content (AvgIpc) is 3.01. The number of methoxy groups -OCH3 is 1. The Morgan fingerprint density at radius 3 is 2.19 bits per heavy atom. The topological polar surface area (TPSA) is 96.0 Å². The standard InChI is InChI=1S/C32H37ClFN3O5S/c1-3-30(32(39)35-26-7-5-4-6-8-26)36(21-23-9-13-25(34)14-10-23)31(38)22-37(27-15-11-24(33)12-16-27)43(40,41)29-19-17-28(42-2)18-20-29/h9-20,26,30H,3-8,21-22H2,1-2H3,(H,35,39)/t30-/m0/s1. The van der Waals surface area contributed by atoms with Crippen LogP contribution in [0, 0.1) is 5.82 Å². The van der Waals surface area contributed by atoms with Crippen LogP contribution in [-0.2, 0) is 26.2 Å². The third kappa shape index (κ3) is 8.26. The summed E-state index contributed by atoms with van der Waals surface area (Å²) in [5, 5.41) is 3.51. The highest BCUT2D eigenvalue weighted by molar-refractivity contribution is 7.92. The van der Waals surface area contributed by atoms with E-state index in [1.54, 1.807) is 31.2 Å². The summed E-state index contributed by atoms with van der Waals surface area (Å²) in [6.07, 6.45) is 5.23. The van der Waals surface area contributed by atoms with E-state index in [9.17, 15) is 22.4 Å². The SMILES string of the molecule is CC[C@@H](C(=O)NC1CCCCC1)N(Cc1ccc(F)cc1)C(=O)CN(c1ccc(Cl)cc1)S(=O)(=O)c1ccc(OC)cc1. The minimum atomic E-state index is -4.24. The number of ether oxygens (including phenoxy) is 1. The van der Waals surface area contributed by atoms with Gasteiger partial charge in [0.1, 0.15) is 24.2 Å². The molecule has 0 spiro atoms. The third-order valence-corrected chi connectivity index (χ3v) is 9.68. The van der Waals surface area contributed by atoms with Gasteiger partial charge in [0.05, 0.1) is 17.7 Å². The predicted molar refractivity (Wildman–Crippen MR) is 165 cm³/mol. The van der Waals surface area contributed by atoms with Gasteiger partial charge < -0.3 is 15.0 Å². The van der Waals surface area contributed by atoms with E-state index in [2.05, 4.69) is 5.32 Å². The number of sulfonamides is 1. The van der Waals surface area contributed by atoms with Crippen LogP contribution in [0.15, 0.2) is 77.7 Å². The molecule has 230 valence electrons. The minimum Gasteiger partial charge on any atom is -0.497 e. The monoisotopic (exact) mass is 629 g/mol. The van der Waals surface area contributed by atoms with Crippen molar-refractivity contribution in [3.63, 3.8) is 0 Å². The fourth-order valence-corrected chi connectivity index (χ4v) is 6.80. The minimum absolute atomic E-state index is 0.00719. The molecule has 0 aromatic heterocycles. The summed E-state index contributed by atoms with van der Waals surface area (Å²) in [6.45, 7) is 1.22. The van der Waals surface area contributed by atoms with Gasteiger partial charge in [-0.25, -0.2) is 12.8 Å². The molecular weight excluding hydrogens is 593 g/mol. The highest BCUT2D eigenvalue weighted by Gasteiger charge is 2.34. The molecule has 0 unspecified atom stereocenters. The van der Waals surface area contributed by atoms with Crippen molar-refractivity contribution in [1.82, 2.24) is 10.2 Å². The van der Waals surface area contributed by atoms with Crippen LogP contribution in [0.2, 0.25) is 5.02 Å². The smallest absolute Gasteiger partial charge is 0.264 e. The van der Waals surface area contributed by atoms with Crippen molar-refractivity contribution in [1.29, 1.82) is 0 Å². The molecule has 0 radical (unpaired) electrons. The van der Waals surface area contributed by atoms with Crippen LogP contribution >= 0.6 is 11.6 Å². The first kappa shape index (κ1) is 32.3. The summed E-state index contributed by atoms with van der Waals surface area (Å²) in [7, 11) is -2.76. The molecule has 0 saturated heterocycles. The Balaban J connectivity index is 1.69. The highest BCUT2D eigenvalue weighted by atomic mass is 35.5. The number of carbonyl (C=O) groups excluding carboxylic acids is 2. The largest absolute Gasteiger partial charge is 0.497 e. The van der Waals surface area contributed by atoms with Gasteiger partial charge in [-0.3, -0.25) is 13.9 Å². The van der Waals surface area contributed by atoms with Crippen molar-refractivity contribution in [2.75, 3.05) is 18.0 Å². The zero-order chi connectivity index (χ0) is 31.0. The number of nitrogens with one attached hydrogen (secondary N) is 1. The van der Waals surface area contributed by atoms with E-state index in [1.807, 2.05) is 0 Å². The number of nitrogens with zero attached hydrogens (tertiary/aromatic N) is 2. The number of anilines is 1. The first-order chi connectivity index (χ1) is 20.6. The number of carbonyl (C=O) groups is 2. The molecule has 2 amide bonds. The lowest BCUT2D eigenvalue weighted by molar-refractivity contribution is -0.140. The molecule has 4 rings (SSSR count). The van der Waals surface area contributed by atoms with Gasteiger partial charge in [-0.15, -0.1) is 0 Å². The maximum atomic E-state index is 14.2. The molecule has 0 heterocycles. The maximum absolute atomic E-state index is 14.2. The van der Waals surface area contributed by atoms with Gasteiger partial charge in [0.15, 0.2) is 0 Å². The van der Waals surface area contributed by atoms with E-state index < -0.39 is 34.3 Å². The van der Waals surface area contributed by atoms with E-state index in [-0.39, 0.29) is 29.1 Å². The number of amides is 2. The first-order valence-corrected chi connectivity index (χ1v) is 16.2. The summed E-state index contributed by atoms with van der Waals surface area (Å²) in [5.41, 5.74) is 0.838. The number of hydrogen-bond donors (Lipinski definition) is 1. The van der Waals surface area contributed by atoms with Crippen LogP contribution < -0.4 is 14.4 Å². The second-order valence-corrected chi connectivity index (χ2v) is 12.9. The van der Waals surface area contributed by atoms with Crippen molar-refractivity contribution in [2.45, 2.75) is 69.0 Å². The lowest BCUT2D eigenvalue weighted by Crippen LogP contribution is -2.54. The van der Waals surface area contributed by atoms with Crippen LogP contribution in [0.1, 0.15) is 51.0 Å². The zero-order valence-electron chi connectivity index (χ0n) is 24.3. The van der Waals surface area contributed by atoms with Crippen LogP contribution in [0.25, 0.3) is 0 Å². The number of halogens is 2. The summed E-state index contributed by atoms with van der Waals surface area (Å²) in [6, 6.07) is 16.8. The first-order valence-electron chi connectivity index (χ1n) is 14.4. The number of benzene rings is 3. The maximum Gasteiger partial charge on any atom is 0.264 e. The van der Waals surface area contributed by atoms with E-state index >= 15 is 0 Å². The second-order valence-electron chi connectivity index (χ2n) is 10.6. The molecule has 43 heavy (non-hydrogen) atoms. The Morgan fingerprint density at radius 2 is 1.60 bits per heavy atom. The quantitative estimate of drug-likeness (QED) is 0.268. The van der Waals surface area contributed by atoms with E-state index in [4.69, 9.17) is 16.3 Å². The Morgan fingerprint density at radius 1 is 0.977 bits per heavy atom. The van der Waals surface area contributed by atoms with Crippen molar-refractivity contribution >= 4 is 39.1 Å². The lowest BCUT2D eigenvalue weighted by atomic mass is 9.95. The molecule has 1 fully saturated rings. The van der Waals surface area contributed by atoms with Gasteiger partial charge in [-0.1, -0.05) is 49.9 Å². The number of hydrogen-bond acceptors (Lipinski definition) is 5. The normalized spacial score (nSPS) is 14.5. The molecule has 1 saturated carbocycles. The van der Waals surface area contributed by atoms with Crippen LogP contribution in [0.5, 0.6) is 5.75 Å². The van der Waals surface area contributed by atoms with Crippen LogP contribution in [0.4, 0.5) is 10.1 Å². The van der Waals surface area contributed by atoms with E-state index in [0.717, 1.165) is 36.4 Å². The fraction of sp³-hybridized carbons (Fsp3) is 0.375. The molecule has 0 bridgehead atoms.